The molecule has 2 aliphatic carbocycles. The van der Waals surface area contributed by atoms with Crippen molar-refractivity contribution < 1.29 is 14.3 Å². The molecule has 15 heavy (non-hydrogen) atoms. The summed E-state index contributed by atoms with van der Waals surface area (Å²) in [6.45, 7) is 0. The van der Waals surface area contributed by atoms with E-state index in [0.29, 0.717) is 12.3 Å². The maximum Gasteiger partial charge on any atom is 0.316 e. The van der Waals surface area contributed by atoms with E-state index >= 15 is 0 Å². The molecule has 3 atom stereocenters. The largest absolute Gasteiger partial charge is 0.468 e. The topological polar surface area (TPSA) is 43.4 Å². The van der Waals surface area contributed by atoms with Gasteiger partial charge in [-0.25, -0.2) is 0 Å². The summed E-state index contributed by atoms with van der Waals surface area (Å²) >= 11 is 0. The predicted octanol–water partition coefficient (Wildman–Crippen LogP) is 1.94. The third kappa shape index (κ3) is 1.92. The minimum absolute atomic E-state index is 0.150. The van der Waals surface area contributed by atoms with Crippen molar-refractivity contribution in [1.82, 2.24) is 0 Å². The molecule has 2 fully saturated rings. The van der Waals surface area contributed by atoms with Crippen LogP contribution in [0.2, 0.25) is 0 Å². The van der Waals surface area contributed by atoms with E-state index in [0.717, 1.165) is 19.3 Å². The van der Waals surface area contributed by atoms with E-state index in [4.69, 9.17) is 0 Å². The Morgan fingerprint density at radius 3 is 2.67 bits per heavy atom. The van der Waals surface area contributed by atoms with Crippen molar-refractivity contribution >= 4 is 11.8 Å². The van der Waals surface area contributed by atoms with E-state index in [1.54, 1.807) is 0 Å². The van der Waals surface area contributed by atoms with E-state index in [1.807, 2.05) is 0 Å². The molecule has 3 nitrogen and oxygen atoms in total. The number of rotatable bonds is 1. The molecule has 0 aromatic rings. The Balaban J connectivity index is 2.08. The Labute approximate surface area is 90.2 Å². The molecule has 0 heterocycles. The van der Waals surface area contributed by atoms with Crippen molar-refractivity contribution in [2.45, 2.75) is 38.5 Å². The molecule has 84 valence electrons. The second kappa shape index (κ2) is 4.33. The molecule has 0 aromatic heterocycles. The normalized spacial score (nSPS) is 35.8. The van der Waals surface area contributed by atoms with Crippen molar-refractivity contribution in [1.29, 1.82) is 0 Å². The van der Waals surface area contributed by atoms with Gasteiger partial charge < -0.3 is 4.74 Å². The summed E-state index contributed by atoms with van der Waals surface area (Å²) in [7, 11) is 1.36. The monoisotopic (exact) mass is 210 g/mol. The highest BCUT2D eigenvalue weighted by molar-refractivity contribution is 6.00. The molecule has 0 spiro atoms. The van der Waals surface area contributed by atoms with E-state index in [1.165, 1.54) is 20.0 Å². The van der Waals surface area contributed by atoms with Gasteiger partial charge in [-0.1, -0.05) is 12.8 Å². The van der Waals surface area contributed by atoms with Crippen molar-refractivity contribution in [3.05, 3.63) is 0 Å². The summed E-state index contributed by atoms with van der Waals surface area (Å²) in [6, 6.07) is 0. The zero-order valence-electron chi connectivity index (χ0n) is 9.20. The molecule has 0 N–H and O–H groups in total. The molecule has 0 aliphatic heterocycles. The van der Waals surface area contributed by atoms with Crippen molar-refractivity contribution in [3.63, 3.8) is 0 Å². The zero-order valence-corrected chi connectivity index (χ0v) is 9.20. The first-order chi connectivity index (χ1) is 7.24. The van der Waals surface area contributed by atoms with Crippen LogP contribution < -0.4 is 0 Å². The van der Waals surface area contributed by atoms with Crippen LogP contribution in [0.4, 0.5) is 0 Å². The highest BCUT2D eigenvalue weighted by atomic mass is 16.5. The Morgan fingerprint density at radius 1 is 1.20 bits per heavy atom. The van der Waals surface area contributed by atoms with Gasteiger partial charge in [0.15, 0.2) is 0 Å². The van der Waals surface area contributed by atoms with E-state index in [2.05, 4.69) is 4.74 Å². The fraction of sp³-hybridized carbons (Fsp3) is 0.833. The minimum atomic E-state index is -0.464. The summed E-state index contributed by atoms with van der Waals surface area (Å²) in [6.07, 6.45) is 6.27. The molecule has 0 bridgehead atoms. The second-order valence-corrected chi connectivity index (χ2v) is 4.71. The van der Waals surface area contributed by atoms with Gasteiger partial charge in [0.1, 0.15) is 11.7 Å². The van der Waals surface area contributed by atoms with Crippen LogP contribution in [-0.2, 0) is 14.3 Å². The van der Waals surface area contributed by atoms with Gasteiger partial charge in [0.25, 0.3) is 0 Å². The second-order valence-electron chi connectivity index (χ2n) is 4.71. The number of ketones is 1. The lowest BCUT2D eigenvalue weighted by Crippen LogP contribution is -2.40. The third-order valence-corrected chi connectivity index (χ3v) is 3.93. The molecule has 0 saturated heterocycles. The summed E-state index contributed by atoms with van der Waals surface area (Å²) < 4.78 is 4.68. The number of hydrogen-bond donors (Lipinski definition) is 0. The van der Waals surface area contributed by atoms with E-state index < -0.39 is 5.92 Å². The molecular weight excluding hydrogens is 192 g/mol. The van der Waals surface area contributed by atoms with Gasteiger partial charge in [-0.15, -0.1) is 0 Å². The number of fused-ring (bicyclic) bond motifs is 1. The van der Waals surface area contributed by atoms with Crippen LogP contribution in [0.1, 0.15) is 38.5 Å². The quantitative estimate of drug-likeness (QED) is 0.490. The van der Waals surface area contributed by atoms with Gasteiger partial charge in [-0.3, -0.25) is 9.59 Å². The molecular formula is C12H18O3. The van der Waals surface area contributed by atoms with Crippen LogP contribution in [0, 0.1) is 17.8 Å². The number of hydrogen-bond acceptors (Lipinski definition) is 3. The van der Waals surface area contributed by atoms with Crippen LogP contribution >= 0.6 is 0 Å². The van der Waals surface area contributed by atoms with Crippen LogP contribution in [0.25, 0.3) is 0 Å². The van der Waals surface area contributed by atoms with Gasteiger partial charge >= 0.3 is 5.97 Å². The smallest absolute Gasteiger partial charge is 0.316 e. The predicted molar refractivity (Wildman–Crippen MR) is 55.2 cm³/mol. The molecule has 2 rings (SSSR count). The summed E-state index contributed by atoms with van der Waals surface area (Å²) in [5.41, 5.74) is 0. The van der Waals surface area contributed by atoms with Crippen molar-refractivity contribution in [2.75, 3.05) is 7.11 Å². The average molecular weight is 210 g/mol. The highest BCUT2D eigenvalue weighted by Gasteiger charge is 2.42. The Morgan fingerprint density at radius 2 is 1.93 bits per heavy atom. The summed E-state index contributed by atoms with van der Waals surface area (Å²) in [4.78, 5) is 23.5. The lowest BCUT2D eigenvalue weighted by atomic mass is 9.67. The van der Waals surface area contributed by atoms with Crippen LogP contribution in [0.3, 0.4) is 0 Å². The number of Topliss-reactive ketones (excluding diaryl/α,β-unsaturated/α-hetero) is 1. The maximum atomic E-state index is 12.1. The first-order valence-electron chi connectivity index (χ1n) is 5.85. The fourth-order valence-corrected chi connectivity index (χ4v) is 3.09. The standard InChI is InChI=1S/C12H18O3/c1-15-12(14)10-7-6-8-4-2-3-5-9(8)11(10)13/h8-10H,2-7H2,1H3/t8-,9-,10?/m0/s1. The number of methoxy groups -OCH3 is 1. The Bertz CT molecular complexity index is 272. The number of carbonyl (C=O) groups excluding carboxylic acids is 2. The Hall–Kier alpha value is -0.860. The van der Waals surface area contributed by atoms with Gasteiger partial charge in [0.05, 0.1) is 7.11 Å². The molecule has 3 heteroatoms. The van der Waals surface area contributed by atoms with Gasteiger partial charge in [0, 0.05) is 5.92 Å². The SMILES string of the molecule is COC(=O)C1CC[C@@H]2CCCC[C@@H]2C1=O. The highest BCUT2D eigenvalue weighted by Crippen LogP contribution is 2.40. The lowest BCUT2D eigenvalue weighted by Gasteiger charge is -2.36. The molecule has 0 amide bonds. The van der Waals surface area contributed by atoms with Crippen molar-refractivity contribution in [2.24, 2.45) is 17.8 Å². The van der Waals surface area contributed by atoms with Gasteiger partial charge in [0.2, 0.25) is 0 Å². The molecule has 1 unspecified atom stereocenters. The van der Waals surface area contributed by atoms with Crippen molar-refractivity contribution in [3.8, 4) is 0 Å². The summed E-state index contributed by atoms with van der Waals surface area (Å²) in [5.74, 6) is 0.0555. The summed E-state index contributed by atoms with van der Waals surface area (Å²) in [5, 5.41) is 0. The fourth-order valence-electron chi connectivity index (χ4n) is 3.09. The van der Waals surface area contributed by atoms with E-state index in [9.17, 15) is 9.59 Å². The van der Waals surface area contributed by atoms with Crippen LogP contribution in [0.15, 0.2) is 0 Å². The zero-order chi connectivity index (χ0) is 10.8. The first-order valence-corrected chi connectivity index (χ1v) is 5.85. The van der Waals surface area contributed by atoms with E-state index in [-0.39, 0.29) is 17.7 Å². The van der Waals surface area contributed by atoms with Crippen LogP contribution in [0.5, 0.6) is 0 Å². The molecule has 0 radical (unpaired) electrons. The lowest BCUT2D eigenvalue weighted by molar-refractivity contribution is -0.154. The van der Waals surface area contributed by atoms with Gasteiger partial charge in [-0.05, 0) is 31.6 Å². The Kier molecular flexibility index (Phi) is 3.08. The third-order valence-electron chi connectivity index (χ3n) is 3.93. The van der Waals surface area contributed by atoms with Gasteiger partial charge in [-0.2, -0.15) is 0 Å². The average Bonchev–Trinajstić information content (AvgIpc) is 2.29. The number of esters is 1. The number of ether oxygens (including phenoxy) is 1. The number of carbonyl (C=O) groups is 2. The minimum Gasteiger partial charge on any atom is -0.468 e. The molecule has 2 aliphatic rings. The van der Waals surface area contributed by atoms with Crippen LogP contribution in [-0.4, -0.2) is 18.9 Å². The molecule has 0 aromatic carbocycles. The maximum absolute atomic E-state index is 12.1. The molecule has 2 saturated carbocycles. The first kappa shape index (κ1) is 10.7.